The molecular weight excluding hydrogens is 376 g/mol. The second kappa shape index (κ2) is 6.59. The van der Waals surface area contributed by atoms with Crippen molar-refractivity contribution < 1.29 is 4.79 Å². The second-order valence-corrected chi connectivity index (χ2v) is 7.69. The van der Waals surface area contributed by atoms with E-state index in [2.05, 4.69) is 15.3 Å². The van der Waals surface area contributed by atoms with Crippen LogP contribution in [0.25, 0.3) is 16.2 Å². The number of imidazole rings is 1. The first-order chi connectivity index (χ1) is 12.1. The Morgan fingerprint density at radius 3 is 2.96 bits per heavy atom. The smallest absolute Gasteiger partial charge is 0.263 e. The van der Waals surface area contributed by atoms with Gasteiger partial charge in [0.25, 0.3) is 5.91 Å². The summed E-state index contributed by atoms with van der Waals surface area (Å²) in [5.41, 5.74) is 3.36. The van der Waals surface area contributed by atoms with Crippen molar-refractivity contribution in [2.45, 2.75) is 13.5 Å². The minimum absolute atomic E-state index is 0.133. The molecule has 0 saturated heterocycles. The van der Waals surface area contributed by atoms with Gasteiger partial charge in [-0.15, -0.1) is 11.3 Å². The molecule has 0 radical (unpaired) electrons. The van der Waals surface area contributed by atoms with Gasteiger partial charge in [0.1, 0.15) is 15.5 Å². The molecule has 126 valence electrons. The normalized spacial score (nSPS) is 11.1. The first-order valence-electron chi connectivity index (χ1n) is 7.51. The van der Waals surface area contributed by atoms with Crippen molar-refractivity contribution in [2.24, 2.45) is 0 Å². The summed E-state index contributed by atoms with van der Waals surface area (Å²) in [4.78, 5) is 22.1. The van der Waals surface area contributed by atoms with E-state index in [1.807, 2.05) is 40.4 Å². The molecule has 25 heavy (non-hydrogen) atoms. The third-order valence-electron chi connectivity index (χ3n) is 3.67. The molecule has 4 rings (SSSR count). The lowest BCUT2D eigenvalue weighted by molar-refractivity contribution is 0.0953. The maximum absolute atomic E-state index is 12.5. The standard InChI is InChI=1S/C17H13ClN4OS2/c1-10-15(25-17(20-10)11-4-5-24-9-11)16(23)19-6-13-8-22-7-12(18)2-3-14(22)21-13/h2-5,7-9H,6H2,1H3,(H,19,23). The summed E-state index contributed by atoms with van der Waals surface area (Å²) in [6.07, 6.45) is 3.65. The Morgan fingerprint density at radius 1 is 1.28 bits per heavy atom. The van der Waals surface area contributed by atoms with Gasteiger partial charge in [0.15, 0.2) is 0 Å². The third kappa shape index (κ3) is 3.30. The number of aryl methyl sites for hydroxylation is 1. The molecule has 0 aliphatic carbocycles. The predicted octanol–water partition coefficient (Wildman–Crippen LogP) is 4.41. The lowest BCUT2D eigenvalue weighted by Gasteiger charge is -2.01. The molecule has 4 heterocycles. The second-order valence-electron chi connectivity index (χ2n) is 5.47. The largest absolute Gasteiger partial charge is 0.346 e. The molecule has 4 aromatic rings. The number of thiazole rings is 1. The number of carbonyl (C=O) groups excluding carboxylic acids is 1. The van der Waals surface area contributed by atoms with Crippen LogP contribution in [-0.2, 0) is 6.54 Å². The Hall–Kier alpha value is -2.22. The molecular formula is C17H13ClN4OS2. The molecule has 1 amide bonds. The van der Waals surface area contributed by atoms with Crippen LogP contribution < -0.4 is 5.32 Å². The number of halogens is 1. The average molecular weight is 389 g/mol. The zero-order chi connectivity index (χ0) is 17.4. The van der Waals surface area contributed by atoms with Gasteiger partial charge < -0.3 is 9.72 Å². The van der Waals surface area contributed by atoms with E-state index < -0.39 is 0 Å². The highest BCUT2D eigenvalue weighted by Gasteiger charge is 2.16. The van der Waals surface area contributed by atoms with Gasteiger partial charge in [-0.25, -0.2) is 9.97 Å². The lowest BCUT2D eigenvalue weighted by atomic mass is 10.3. The molecule has 0 spiro atoms. The van der Waals surface area contributed by atoms with Crippen molar-refractivity contribution in [1.29, 1.82) is 0 Å². The molecule has 0 saturated carbocycles. The Kier molecular flexibility index (Phi) is 4.29. The number of aromatic nitrogens is 3. The number of thiophene rings is 1. The van der Waals surface area contributed by atoms with Gasteiger partial charge in [-0.05, 0) is 30.5 Å². The van der Waals surface area contributed by atoms with Crippen LogP contribution in [0.15, 0.2) is 41.4 Å². The summed E-state index contributed by atoms with van der Waals surface area (Å²) in [6.45, 7) is 2.21. The fourth-order valence-corrected chi connectivity index (χ4v) is 4.33. The van der Waals surface area contributed by atoms with Crippen LogP contribution in [0.4, 0.5) is 0 Å². The van der Waals surface area contributed by atoms with E-state index in [-0.39, 0.29) is 5.91 Å². The molecule has 0 bridgehead atoms. The number of carbonyl (C=O) groups is 1. The van der Waals surface area contributed by atoms with Gasteiger partial charge in [-0.2, -0.15) is 11.3 Å². The molecule has 8 heteroatoms. The zero-order valence-electron chi connectivity index (χ0n) is 13.2. The van der Waals surface area contributed by atoms with Gasteiger partial charge in [0, 0.05) is 23.3 Å². The van der Waals surface area contributed by atoms with E-state index in [9.17, 15) is 4.79 Å². The Labute approximate surface area is 156 Å². The molecule has 0 aromatic carbocycles. The average Bonchev–Trinajstić information content (AvgIpc) is 3.30. The van der Waals surface area contributed by atoms with Crippen LogP contribution in [0, 0.1) is 6.92 Å². The molecule has 5 nitrogen and oxygen atoms in total. The van der Waals surface area contributed by atoms with Gasteiger partial charge in [-0.3, -0.25) is 4.79 Å². The Bertz CT molecular complexity index is 1050. The molecule has 4 aromatic heterocycles. The monoisotopic (exact) mass is 388 g/mol. The fraction of sp³-hybridized carbons (Fsp3) is 0.118. The number of hydrogen-bond donors (Lipinski definition) is 1. The summed E-state index contributed by atoms with van der Waals surface area (Å²) in [7, 11) is 0. The first kappa shape index (κ1) is 16.3. The summed E-state index contributed by atoms with van der Waals surface area (Å²) < 4.78 is 1.84. The highest BCUT2D eigenvalue weighted by atomic mass is 35.5. The third-order valence-corrected chi connectivity index (χ3v) is 5.78. The Morgan fingerprint density at radius 2 is 2.16 bits per heavy atom. The summed E-state index contributed by atoms with van der Waals surface area (Å²) in [5, 5.41) is 8.45. The SMILES string of the molecule is Cc1nc(-c2ccsc2)sc1C(=O)NCc1cn2cc(Cl)ccc2n1. The van der Waals surface area contributed by atoms with Crippen LogP contribution in [0.3, 0.4) is 0 Å². The molecule has 0 aliphatic heterocycles. The summed E-state index contributed by atoms with van der Waals surface area (Å²) >= 11 is 9.00. The number of hydrogen-bond acceptors (Lipinski definition) is 5. The van der Waals surface area contributed by atoms with E-state index in [1.54, 1.807) is 23.6 Å². The van der Waals surface area contributed by atoms with Crippen LogP contribution in [0.5, 0.6) is 0 Å². The van der Waals surface area contributed by atoms with Crippen LogP contribution in [0.1, 0.15) is 21.1 Å². The number of nitrogens with one attached hydrogen (secondary N) is 1. The van der Waals surface area contributed by atoms with E-state index in [0.29, 0.717) is 16.4 Å². The number of fused-ring (bicyclic) bond motifs is 1. The number of nitrogens with zero attached hydrogens (tertiary/aromatic N) is 3. The minimum atomic E-state index is -0.133. The van der Waals surface area contributed by atoms with Crippen molar-refractivity contribution in [3.05, 3.63) is 62.6 Å². The lowest BCUT2D eigenvalue weighted by Crippen LogP contribution is -2.22. The van der Waals surface area contributed by atoms with Crippen molar-refractivity contribution in [3.8, 4) is 10.6 Å². The van der Waals surface area contributed by atoms with Crippen LogP contribution in [-0.4, -0.2) is 20.3 Å². The maximum atomic E-state index is 12.5. The van der Waals surface area contributed by atoms with Crippen molar-refractivity contribution >= 4 is 45.8 Å². The number of rotatable bonds is 4. The van der Waals surface area contributed by atoms with Crippen LogP contribution >= 0.6 is 34.3 Å². The molecule has 1 N–H and O–H groups in total. The highest BCUT2D eigenvalue weighted by Crippen LogP contribution is 2.29. The van der Waals surface area contributed by atoms with E-state index in [1.165, 1.54) is 11.3 Å². The van der Waals surface area contributed by atoms with Gasteiger partial charge in [-0.1, -0.05) is 11.6 Å². The Balaban J connectivity index is 1.50. The summed E-state index contributed by atoms with van der Waals surface area (Å²) in [5.74, 6) is -0.133. The zero-order valence-corrected chi connectivity index (χ0v) is 15.6. The van der Waals surface area contributed by atoms with Gasteiger partial charge in [0.05, 0.1) is 23.0 Å². The van der Waals surface area contributed by atoms with Crippen molar-refractivity contribution in [1.82, 2.24) is 19.7 Å². The topological polar surface area (TPSA) is 59.3 Å². The molecule has 0 aliphatic rings. The first-order valence-corrected chi connectivity index (χ1v) is 9.65. The number of pyridine rings is 1. The van der Waals surface area contributed by atoms with Gasteiger partial charge >= 0.3 is 0 Å². The van der Waals surface area contributed by atoms with E-state index in [0.717, 1.165) is 27.6 Å². The molecule has 0 fully saturated rings. The summed E-state index contributed by atoms with van der Waals surface area (Å²) in [6, 6.07) is 5.64. The van der Waals surface area contributed by atoms with Gasteiger partial charge in [0.2, 0.25) is 0 Å². The maximum Gasteiger partial charge on any atom is 0.263 e. The fourth-order valence-electron chi connectivity index (χ4n) is 2.47. The van der Waals surface area contributed by atoms with Crippen molar-refractivity contribution in [2.75, 3.05) is 0 Å². The highest BCUT2D eigenvalue weighted by molar-refractivity contribution is 7.17. The predicted molar refractivity (Wildman–Crippen MR) is 102 cm³/mol. The minimum Gasteiger partial charge on any atom is -0.346 e. The number of amides is 1. The molecule has 0 unspecified atom stereocenters. The quantitative estimate of drug-likeness (QED) is 0.563. The van der Waals surface area contributed by atoms with E-state index >= 15 is 0 Å². The van der Waals surface area contributed by atoms with Crippen LogP contribution in [0.2, 0.25) is 5.02 Å². The van der Waals surface area contributed by atoms with Crippen molar-refractivity contribution in [3.63, 3.8) is 0 Å². The molecule has 0 atom stereocenters. The van der Waals surface area contributed by atoms with E-state index in [4.69, 9.17) is 11.6 Å².